The number of aromatic nitrogens is 1. The minimum atomic E-state index is -0.0133. The number of pyridine rings is 1. The molecule has 1 aromatic heterocycles. The van der Waals surface area contributed by atoms with E-state index in [1.165, 1.54) is 6.92 Å². The summed E-state index contributed by atoms with van der Waals surface area (Å²) in [6.45, 7) is 4.00. The van der Waals surface area contributed by atoms with Crippen LogP contribution >= 0.6 is 0 Å². The lowest BCUT2D eigenvalue weighted by atomic mass is 9.94. The summed E-state index contributed by atoms with van der Waals surface area (Å²) >= 11 is 0. The van der Waals surface area contributed by atoms with Crippen LogP contribution in [0.4, 0.5) is 0 Å². The molecule has 5 nitrogen and oxygen atoms in total. The number of rotatable bonds is 6. The number of hydrogen-bond acceptors (Lipinski definition) is 5. The summed E-state index contributed by atoms with van der Waals surface area (Å²) in [5.41, 5.74) is 2.62. The fraction of sp³-hybridized carbons (Fsp3) is 0.400. The van der Waals surface area contributed by atoms with Gasteiger partial charge < -0.3 is 14.8 Å². The van der Waals surface area contributed by atoms with Crippen LogP contribution in [0.15, 0.2) is 36.4 Å². The van der Waals surface area contributed by atoms with Crippen LogP contribution in [0, 0.1) is 0 Å². The van der Waals surface area contributed by atoms with Crippen molar-refractivity contribution in [1.82, 2.24) is 10.3 Å². The van der Waals surface area contributed by atoms with Gasteiger partial charge in [0, 0.05) is 17.7 Å². The first-order chi connectivity index (χ1) is 12.2. The van der Waals surface area contributed by atoms with Crippen molar-refractivity contribution in [1.29, 1.82) is 0 Å². The van der Waals surface area contributed by atoms with Gasteiger partial charge in [-0.15, -0.1) is 0 Å². The maximum Gasteiger partial charge on any atom is 0.213 e. The summed E-state index contributed by atoms with van der Waals surface area (Å²) in [6.07, 6.45) is 2.22. The molecule has 0 spiro atoms. The molecule has 2 heterocycles. The molecule has 0 saturated carbocycles. The van der Waals surface area contributed by atoms with Crippen molar-refractivity contribution in [3.63, 3.8) is 0 Å². The van der Waals surface area contributed by atoms with Gasteiger partial charge in [-0.25, -0.2) is 4.98 Å². The van der Waals surface area contributed by atoms with Gasteiger partial charge in [-0.2, -0.15) is 0 Å². The number of carbonyl (C=O) groups excluding carboxylic acids is 1. The van der Waals surface area contributed by atoms with E-state index in [1.807, 2.05) is 24.3 Å². The van der Waals surface area contributed by atoms with E-state index in [0.717, 1.165) is 37.2 Å². The molecule has 1 aliphatic heterocycles. The Morgan fingerprint density at radius 2 is 2.04 bits per heavy atom. The van der Waals surface area contributed by atoms with Gasteiger partial charge in [0.05, 0.1) is 12.7 Å². The van der Waals surface area contributed by atoms with Crippen molar-refractivity contribution in [3.8, 4) is 11.6 Å². The monoisotopic (exact) mass is 340 g/mol. The highest BCUT2D eigenvalue weighted by molar-refractivity contribution is 5.96. The van der Waals surface area contributed by atoms with Gasteiger partial charge in [-0.05, 0) is 56.6 Å². The maximum atomic E-state index is 11.6. The smallest absolute Gasteiger partial charge is 0.213 e. The Morgan fingerprint density at radius 3 is 2.76 bits per heavy atom. The highest BCUT2D eigenvalue weighted by Gasteiger charge is 2.17. The Labute approximate surface area is 148 Å². The van der Waals surface area contributed by atoms with Crippen LogP contribution in [-0.2, 0) is 6.61 Å². The SMILES string of the molecule is COc1cc(COc2cccc(C3CCNCC3)n2)ccc1C(C)=O. The Bertz CT molecular complexity index is 739. The van der Waals surface area contributed by atoms with Gasteiger partial charge in [-0.3, -0.25) is 4.79 Å². The maximum absolute atomic E-state index is 11.6. The van der Waals surface area contributed by atoms with Gasteiger partial charge in [0.25, 0.3) is 0 Å². The van der Waals surface area contributed by atoms with Crippen LogP contribution in [0.5, 0.6) is 11.6 Å². The van der Waals surface area contributed by atoms with Crippen molar-refractivity contribution in [2.45, 2.75) is 32.3 Å². The van der Waals surface area contributed by atoms with E-state index >= 15 is 0 Å². The van der Waals surface area contributed by atoms with E-state index in [4.69, 9.17) is 9.47 Å². The number of nitrogens with one attached hydrogen (secondary N) is 1. The minimum Gasteiger partial charge on any atom is -0.496 e. The quantitative estimate of drug-likeness (QED) is 0.817. The summed E-state index contributed by atoms with van der Waals surface area (Å²) in [5, 5.41) is 3.37. The number of methoxy groups -OCH3 is 1. The molecule has 1 fully saturated rings. The summed E-state index contributed by atoms with van der Waals surface area (Å²) in [5.74, 6) is 1.69. The molecular formula is C20H24N2O3. The van der Waals surface area contributed by atoms with Gasteiger partial charge in [0.2, 0.25) is 5.88 Å². The third kappa shape index (κ3) is 4.37. The van der Waals surface area contributed by atoms with Gasteiger partial charge in [0.1, 0.15) is 12.4 Å². The van der Waals surface area contributed by atoms with Crippen molar-refractivity contribution in [2.24, 2.45) is 0 Å². The number of piperidine rings is 1. The number of ether oxygens (including phenoxy) is 2. The predicted molar refractivity (Wildman–Crippen MR) is 96.4 cm³/mol. The molecule has 1 aromatic carbocycles. The van der Waals surface area contributed by atoms with E-state index in [9.17, 15) is 4.79 Å². The molecule has 25 heavy (non-hydrogen) atoms. The molecule has 3 rings (SSSR count). The Kier molecular flexibility index (Phi) is 5.66. The normalized spacial score (nSPS) is 15.0. The van der Waals surface area contributed by atoms with E-state index in [1.54, 1.807) is 13.2 Å². The molecule has 1 saturated heterocycles. The topological polar surface area (TPSA) is 60.5 Å². The van der Waals surface area contributed by atoms with Crippen molar-refractivity contribution < 1.29 is 14.3 Å². The number of Topliss-reactive ketones (excluding diaryl/α,β-unsaturated/α-hetero) is 1. The van der Waals surface area contributed by atoms with Crippen LogP contribution in [0.25, 0.3) is 0 Å². The lowest BCUT2D eigenvalue weighted by Gasteiger charge is -2.22. The fourth-order valence-corrected chi connectivity index (χ4v) is 3.13. The zero-order valence-corrected chi connectivity index (χ0v) is 14.7. The zero-order chi connectivity index (χ0) is 17.6. The van der Waals surface area contributed by atoms with Crippen molar-refractivity contribution >= 4 is 5.78 Å². The molecule has 0 amide bonds. The lowest BCUT2D eigenvalue weighted by molar-refractivity contribution is 0.101. The average molecular weight is 340 g/mol. The first kappa shape index (κ1) is 17.4. The van der Waals surface area contributed by atoms with E-state index in [2.05, 4.69) is 16.4 Å². The summed E-state index contributed by atoms with van der Waals surface area (Å²) in [7, 11) is 1.57. The fourth-order valence-electron chi connectivity index (χ4n) is 3.13. The lowest BCUT2D eigenvalue weighted by Crippen LogP contribution is -2.27. The highest BCUT2D eigenvalue weighted by Crippen LogP contribution is 2.26. The summed E-state index contributed by atoms with van der Waals surface area (Å²) < 4.78 is 11.2. The third-order valence-corrected chi connectivity index (χ3v) is 4.53. The second-order valence-corrected chi connectivity index (χ2v) is 6.30. The summed E-state index contributed by atoms with van der Waals surface area (Å²) in [6, 6.07) is 11.5. The number of benzene rings is 1. The Balaban J connectivity index is 1.68. The second kappa shape index (κ2) is 8.12. The van der Waals surface area contributed by atoms with Crippen LogP contribution in [-0.4, -0.2) is 31.0 Å². The van der Waals surface area contributed by atoms with Crippen LogP contribution < -0.4 is 14.8 Å². The number of nitrogens with zero attached hydrogens (tertiary/aromatic N) is 1. The molecule has 0 radical (unpaired) electrons. The third-order valence-electron chi connectivity index (χ3n) is 4.53. The molecule has 0 unspecified atom stereocenters. The first-order valence-corrected chi connectivity index (χ1v) is 8.65. The van der Waals surface area contributed by atoms with Crippen molar-refractivity contribution in [3.05, 3.63) is 53.2 Å². The van der Waals surface area contributed by atoms with Crippen LogP contribution in [0.1, 0.15) is 47.3 Å². The standard InChI is InChI=1S/C20H24N2O3/c1-14(23)17-7-6-15(12-19(17)24-2)13-25-20-5-3-4-18(22-20)16-8-10-21-11-9-16/h3-7,12,16,21H,8-11,13H2,1-2H3. The largest absolute Gasteiger partial charge is 0.496 e. The predicted octanol–water partition coefficient (Wildman–Crippen LogP) is 3.34. The summed E-state index contributed by atoms with van der Waals surface area (Å²) in [4.78, 5) is 16.2. The molecule has 0 bridgehead atoms. The van der Waals surface area contributed by atoms with E-state index in [-0.39, 0.29) is 5.78 Å². The van der Waals surface area contributed by atoms with E-state index < -0.39 is 0 Å². The van der Waals surface area contributed by atoms with Gasteiger partial charge >= 0.3 is 0 Å². The van der Waals surface area contributed by atoms with Gasteiger partial charge in [0.15, 0.2) is 5.78 Å². The zero-order valence-electron chi connectivity index (χ0n) is 14.7. The van der Waals surface area contributed by atoms with E-state index in [0.29, 0.717) is 29.7 Å². The first-order valence-electron chi connectivity index (χ1n) is 8.65. The molecule has 132 valence electrons. The highest BCUT2D eigenvalue weighted by atomic mass is 16.5. The molecule has 1 aliphatic rings. The number of ketones is 1. The van der Waals surface area contributed by atoms with Crippen LogP contribution in [0.3, 0.4) is 0 Å². The second-order valence-electron chi connectivity index (χ2n) is 6.30. The molecule has 5 heteroatoms. The van der Waals surface area contributed by atoms with Gasteiger partial charge in [-0.1, -0.05) is 12.1 Å². The molecule has 2 aromatic rings. The molecule has 1 N–H and O–H groups in total. The Hall–Kier alpha value is -2.40. The average Bonchev–Trinajstić information content (AvgIpc) is 2.67. The molecule has 0 atom stereocenters. The Morgan fingerprint density at radius 1 is 1.24 bits per heavy atom. The molecular weight excluding hydrogens is 316 g/mol. The number of carbonyl (C=O) groups is 1. The minimum absolute atomic E-state index is 0.0133. The number of hydrogen-bond donors (Lipinski definition) is 1. The molecule has 0 aliphatic carbocycles. The van der Waals surface area contributed by atoms with Crippen LogP contribution in [0.2, 0.25) is 0 Å². The van der Waals surface area contributed by atoms with Crippen molar-refractivity contribution in [2.75, 3.05) is 20.2 Å².